The molecule has 0 aromatic carbocycles. The van der Waals surface area contributed by atoms with Crippen molar-refractivity contribution in [3.63, 3.8) is 0 Å². The van der Waals surface area contributed by atoms with E-state index in [4.69, 9.17) is 4.52 Å². The summed E-state index contributed by atoms with van der Waals surface area (Å²) in [6, 6.07) is 2.37. The summed E-state index contributed by atoms with van der Waals surface area (Å²) in [5, 5.41) is 9.38. The van der Waals surface area contributed by atoms with Gasteiger partial charge in [-0.3, -0.25) is 9.69 Å². The molecule has 4 rings (SSSR count). The first-order valence-electron chi connectivity index (χ1n) is 9.77. The van der Waals surface area contributed by atoms with Gasteiger partial charge in [-0.25, -0.2) is 0 Å². The zero-order valence-electron chi connectivity index (χ0n) is 15.3. The highest BCUT2D eigenvalue weighted by atomic mass is 79.9. The van der Waals surface area contributed by atoms with E-state index in [1.807, 2.05) is 11.4 Å². The van der Waals surface area contributed by atoms with Crippen LogP contribution in [0.1, 0.15) is 50.8 Å². The van der Waals surface area contributed by atoms with Gasteiger partial charge in [0.25, 0.3) is 0 Å². The standard InChI is InChI=1S/C19H25BrN4O2S/c20-14-9-16(27-12-14)18-22-17(26-23-18)11-24-8-4-5-13(10-24)19(25)21-15-6-2-1-3-7-15/h9,12-13,15H,1-8,10-11H2,(H,21,25)/t13-/m0/s1. The molecular formula is C19H25BrN4O2S. The molecule has 1 aliphatic heterocycles. The van der Waals surface area contributed by atoms with Gasteiger partial charge in [-0.05, 0) is 54.2 Å². The summed E-state index contributed by atoms with van der Waals surface area (Å²) in [7, 11) is 0. The lowest BCUT2D eigenvalue weighted by Crippen LogP contribution is -2.46. The summed E-state index contributed by atoms with van der Waals surface area (Å²) < 4.78 is 6.46. The number of likely N-dealkylation sites (tertiary alicyclic amines) is 1. The van der Waals surface area contributed by atoms with Crippen molar-refractivity contribution in [3.05, 3.63) is 21.8 Å². The summed E-state index contributed by atoms with van der Waals surface area (Å²) in [4.78, 5) is 20.4. The molecule has 0 unspecified atom stereocenters. The van der Waals surface area contributed by atoms with E-state index >= 15 is 0 Å². The highest BCUT2D eigenvalue weighted by Crippen LogP contribution is 2.28. The van der Waals surface area contributed by atoms with Crippen molar-refractivity contribution < 1.29 is 9.32 Å². The van der Waals surface area contributed by atoms with Gasteiger partial charge in [0.1, 0.15) is 0 Å². The van der Waals surface area contributed by atoms with Gasteiger partial charge in [0.15, 0.2) is 0 Å². The molecular weight excluding hydrogens is 428 g/mol. The molecule has 8 heteroatoms. The number of carbonyl (C=O) groups is 1. The van der Waals surface area contributed by atoms with Crippen molar-refractivity contribution in [2.45, 2.75) is 57.5 Å². The molecule has 2 aromatic heterocycles. The normalized spacial score (nSPS) is 22.0. The maximum Gasteiger partial charge on any atom is 0.241 e. The average Bonchev–Trinajstić information content (AvgIpc) is 3.32. The fourth-order valence-corrected chi connectivity index (χ4v) is 5.37. The number of nitrogens with zero attached hydrogens (tertiary/aromatic N) is 3. The Hall–Kier alpha value is -1.25. The Kier molecular flexibility index (Phi) is 6.24. The van der Waals surface area contributed by atoms with E-state index in [1.165, 1.54) is 19.3 Å². The number of nitrogens with one attached hydrogen (secondary N) is 1. The number of piperidine rings is 1. The number of aromatic nitrogens is 2. The summed E-state index contributed by atoms with van der Waals surface area (Å²) in [6.45, 7) is 2.34. The van der Waals surface area contributed by atoms with E-state index in [2.05, 4.69) is 36.3 Å². The van der Waals surface area contributed by atoms with Crippen molar-refractivity contribution in [2.75, 3.05) is 13.1 Å². The van der Waals surface area contributed by atoms with Gasteiger partial charge in [-0.1, -0.05) is 24.4 Å². The maximum atomic E-state index is 12.7. The Morgan fingerprint density at radius 3 is 2.93 bits per heavy atom. The number of thiophene rings is 1. The van der Waals surface area contributed by atoms with Crippen LogP contribution in [-0.4, -0.2) is 40.1 Å². The highest BCUT2D eigenvalue weighted by Gasteiger charge is 2.28. The molecule has 0 spiro atoms. The number of amides is 1. The van der Waals surface area contributed by atoms with E-state index in [-0.39, 0.29) is 11.8 Å². The first kappa shape index (κ1) is 19.1. The smallest absolute Gasteiger partial charge is 0.241 e. The van der Waals surface area contributed by atoms with Crippen LogP contribution in [0.4, 0.5) is 0 Å². The van der Waals surface area contributed by atoms with Crippen LogP contribution < -0.4 is 5.32 Å². The van der Waals surface area contributed by atoms with Crippen LogP contribution in [0.5, 0.6) is 0 Å². The molecule has 2 fully saturated rings. The number of halogens is 1. The third-order valence-corrected chi connectivity index (χ3v) is 7.13. The molecule has 27 heavy (non-hydrogen) atoms. The Balaban J connectivity index is 1.32. The largest absolute Gasteiger partial charge is 0.353 e. The van der Waals surface area contributed by atoms with Gasteiger partial charge >= 0.3 is 0 Å². The molecule has 1 N–H and O–H groups in total. The SMILES string of the molecule is O=C(NC1CCCCC1)[C@H]1CCCN(Cc2nc(-c3cc(Br)cs3)no2)C1. The van der Waals surface area contributed by atoms with Crippen molar-refractivity contribution in [1.29, 1.82) is 0 Å². The molecule has 0 bridgehead atoms. The molecule has 1 amide bonds. The van der Waals surface area contributed by atoms with Gasteiger partial charge in [-0.2, -0.15) is 4.98 Å². The van der Waals surface area contributed by atoms with Gasteiger partial charge < -0.3 is 9.84 Å². The van der Waals surface area contributed by atoms with E-state index < -0.39 is 0 Å². The Bertz CT molecular complexity index is 771. The Morgan fingerprint density at radius 1 is 1.30 bits per heavy atom. The third-order valence-electron chi connectivity index (χ3n) is 5.44. The van der Waals surface area contributed by atoms with Gasteiger partial charge in [-0.15, -0.1) is 11.3 Å². The molecule has 6 nitrogen and oxygen atoms in total. The lowest BCUT2D eigenvalue weighted by molar-refractivity contribution is -0.127. The Labute approximate surface area is 171 Å². The van der Waals surface area contributed by atoms with Crippen molar-refractivity contribution >= 4 is 33.2 Å². The molecule has 0 radical (unpaired) electrons. The minimum absolute atomic E-state index is 0.0660. The second-order valence-corrected chi connectivity index (χ2v) is 9.39. The Morgan fingerprint density at radius 2 is 2.15 bits per heavy atom. The summed E-state index contributed by atoms with van der Waals surface area (Å²) in [5.41, 5.74) is 0. The van der Waals surface area contributed by atoms with Crippen molar-refractivity contribution in [3.8, 4) is 10.7 Å². The second-order valence-electron chi connectivity index (χ2n) is 7.56. The summed E-state index contributed by atoms with van der Waals surface area (Å²) in [5.74, 6) is 1.53. The molecule has 1 aliphatic carbocycles. The summed E-state index contributed by atoms with van der Waals surface area (Å²) >= 11 is 5.03. The predicted octanol–water partition coefficient (Wildman–Crippen LogP) is 4.22. The number of carbonyl (C=O) groups excluding carboxylic acids is 1. The monoisotopic (exact) mass is 452 g/mol. The van der Waals surface area contributed by atoms with E-state index in [1.54, 1.807) is 11.3 Å². The maximum absolute atomic E-state index is 12.7. The fraction of sp³-hybridized carbons (Fsp3) is 0.632. The zero-order valence-corrected chi connectivity index (χ0v) is 17.7. The van der Waals surface area contributed by atoms with Crippen molar-refractivity contribution in [2.24, 2.45) is 5.92 Å². The van der Waals surface area contributed by atoms with E-state index in [0.717, 1.165) is 48.1 Å². The molecule has 3 heterocycles. The molecule has 146 valence electrons. The molecule has 1 saturated carbocycles. The minimum Gasteiger partial charge on any atom is -0.353 e. The fourth-order valence-electron chi connectivity index (χ4n) is 4.02. The predicted molar refractivity (Wildman–Crippen MR) is 108 cm³/mol. The highest BCUT2D eigenvalue weighted by molar-refractivity contribution is 9.10. The van der Waals surface area contributed by atoms with Crippen LogP contribution in [0.15, 0.2) is 20.4 Å². The van der Waals surface area contributed by atoms with Crippen LogP contribution in [0, 0.1) is 5.92 Å². The first-order chi connectivity index (χ1) is 13.2. The van der Waals surface area contributed by atoms with Crippen molar-refractivity contribution in [1.82, 2.24) is 20.4 Å². The van der Waals surface area contributed by atoms with Crippen LogP contribution in [0.25, 0.3) is 10.7 Å². The molecule has 1 saturated heterocycles. The van der Waals surface area contributed by atoms with Crippen LogP contribution in [0.3, 0.4) is 0 Å². The minimum atomic E-state index is 0.0660. The number of hydrogen-bond donors (Lipinski definition) is 1. The van der Waals surface area contributed by atoms with E-state index in [9.17, 15) is 4.79 Å². The topological polar surface area (TPSA) is 71.3 Å². The van der Waals surface area contributed by atoms with Gasteiger partial charge in [0.05, 0.1) is 17.3 Å². The van der Waals surface area contributed by atoms with Crippen LogP contribution >= 0.6 is 27.3 Å². The quantitative estimate of drug-likeness (QED) is 0.734. The third kappa shape index (κ3) is 4.97. The van der Waals surface area contributed by atoms with Crippen LogP contribution in [-0.2, 0) is 11.3 Å². The van der Waals surface area contributed by atoms with Gasteiger partial charge in [0, 0.05) is 22.4 Å². The molecule has 2 aliphatic rings. The molecule has 2 aromatic rings. The lowest BCUT2D eigenvalue weighted by Gasteiger charge is -2.32. The average molecular weight is 453 g/mol. The van der Waals surface area contributed by atoms with Gasteiger partial charge in [0.2, 0.25) is 17.6 Å². The van der Waals surface area contributed by atoms with E-state index in [0.29, 0.717) is 24.3 Å². The second kappa shape index (κ2) is 8.84. The first-order valence-corrected chi connectivity index (χ1v) is 11.4. The zero-order chi connectivity index (χ0) is 18.6. The summed E-state index contributed by atoms with van der Waals surface area (Å²) in [6.07, 6.45) is 8.04. The number of rotatable bonds is 5. The lowest BCUT2D eigenvalue weighted by atomic mass is 9.93. The van der Waals surface area contributed by atoms with Crippen LogP contribution in [0.2, 0.25) is 0 Å². The number of hydrogen-bond acceptors (Lipinski definition) is 6. The molecule has 1 atom stereocenters.